The number of aryl methyl sites for hydroxylation is 2. The summed E-state index contributed by atoms with van der Waals surface area (Å²) in [7, 11) is 0. The number of aliphatic hydroxyl groups is 1. The van der Waals surface area contributed by atoms with Crippen molar-refractivity contribution in [2.45, 2.75) is 39.2 Å². The predicted octanol–water partition coefficient (Wildman–Crippen LogP) is 1.81. The third-order valence-corrected chi connectivity index (χ3v) is 2.96. The maximum Gasteiger partial charge on any atom is 0.220 e. The fourth-order valence-electron chi connectivity index (χ4n) is 1.72. The molecule has 17 heavy (non-hydrogen) atoms. The van der Waals surface area contributed by atoms with Gasteiger partial charge in [-0.25, -0.2) is 0 Å². The molecule has 3 nitrogen and oxygen atoms in total. The van der Waals surface area contributed by atoms with Crippen LogP contribution in [0.15, 0.2) is 24.3 Å². The minimum absolute atomic E-state index is 0.00655. The standard InChI is InChI=1S/C14H21NO2/c1-3-13(10-16)15-14(17)9-8-12-7-5-4-6-11(12)2/h4-7,13,16H,3,8-10H2,1-2H3,(H,15,17). The van der Waals surface area contributed by atoms with Crippen LogP contribution in [0, 0.1) is 6.92 Å². The van der Waals surface area contributed by atoms with Crippen LogP contribution in [0.3, 0.4) is 0 Å². The molecule has 3 heteroatoms. The van der Waals surface area contributed by atoms with Crippen LogP contribution in [0.2, 0.25) is 0 Å². The molecule has 0 aliphatic rings. The van der Waals surface area contributed by atoms with Crippen molar-refractivity contribution in [1.82, 2.24) is 5.32 Å². The summed E-state index contributed by atoms with van der Waals surface area (Å²) in [5, 5.41) is 11.8. The highest BCUT2D eigenvalue weighted by Gasteiger charge is 2.09. The van der Waals surface area contributed by atoms with Crippen LogP contribution >= 0.6 is 0 Å². The third-order valence-electron chi connectivity index (χ3n) is 2.96. The van der Waals surface area contributed by atoms with E-state index in [9.17, 15) is 4.79 Å². The number of rotatable bonds is 6. The normalized spacial score (nSPS) is 12.2. The largest absolute Gasteiger partial charge is 0.394 e. The molecule has 0 saturated carbocycles. The number of hydrogen-bond donors (Lipinski definition) is 2. The monoisotopic (exact) mass is 235 g/mol. The van der Waals surface area contributed by atoms with Crippen LogP contribution in [-0.2, 0) is 11.2 Å². The molecule has 1 aromatic rings. The van der Waals surface area contributed by atoms with Gasteiger partial charge in [0.05, 0.1) is 12.6 Å². The van der Waals surface area contributed by atoms with E-state index in [-0.39, 0.29) is 18.6 Å². The summed E-state index contributed by atoms with van der Waals surface area (Å²) < 4.78 is 0. The zero-order valence-corrected chi connectivity index (χ0v) is 10.6. The summed E-state index contributed by atoms with van der Waals surface area (Å²) in [5.74, 6) is 0.00848. The van der Waals surface area contributed by atoms with Crippen LogP contribution in [-0.4, -0.2) is 23.7 Å². The lowest BCUT2D eigenvalue weighted by molar-refractivity contribution is -0.122. The second-order valence-corrected chi connectivity index (χ2v) is 4.28. The van der Waals surface area contributed by atoms with Crippen LogP contribution < -0.4 is 5.32 Å². The van der Waals surface area contributed by atoms with Gasteiger partial charge in [-0.2, -0.15) is 0 Å². The van der Waals surface area contributed by atoms with E-state index >= 15 is 0 Å². The van der Waals surface area contributed by atoms with Gasteiger partial charge in [-0.05, 0) is 30.9 Å². The molecule has 94 valence electrons. The number of hydrogen-bond acceptors (Lipinski definition) is 2. The maximum absolute atomic E-state index is 11.6. The quantitative estimate of drug-likeness (QED) is 0.790. The molecule has 0 heterocycles. The topological polar surface area (TPSA) is 49.3 Å². The van der Waals surface area contributed by atoms with Gasteiger partial charge in [0.25, 0.3) is 0 Å². The molecule has 0 aromatic heterocycles. The predicted molar refractivity (Wildman–Crippen MR) is 68.8 cm³/mol. The van der Waals surface area contributed by atoms with Crippen molar-refractivity contribution < 1.29 is 9.90 Å². The molecule has 0 saturated heterocycles. The zero-order valence-electron chi connectivity index (χ0n) is 10.6. The van der Waals surface area contributed by atoms with E-state index in [2.05, 4.69) is 18.3 Å². The van der Waals surface area contributed by atoms with Crippen molar-refractivity contribution in [3.05, 3.63) is 35.4 Å². The molecule has 1 atom stereocenters. The Hall–Kier alpha value is -1.35. The summed E-state index contributed by atoms with van der Waals surface area (Å²) in [4.78, 5) is 11.6. The molecular formula is C14H21NO2. The molecule has 0 aliphatic carbocycles. The molecule has 1 amide bonds. The minimum Gasteiger partial charge on any atom is -0.394 e. The molecule has 0 bridgehead atoms. The summed E-state index contributed by atoms with van der Waals surface area (Å²) in [5.41, 5.74) is 2.43. The van der Waals surface area contributed by atoms with Crippen LogP contribution in [0.5, 0.6) is 0 Å². The van der Waals surface area contributed by atoms with Gasteiger partial charge in [-0.15, -0.1) is 0 Å². The molecule has 0 fully saturated rings. The van der Waals surface area contributed by atoms with Gasteiger partial charge >= 0.3 is 0 Å². The van der Waals surface area contributed by atoms with Gasteiger partial charge in [-0.3, -0.25) is 4.79 Å². The van der Waals surface area contributed by atoms with E-state index in [0.29, 0.717) is 6.42 Å². The molecular weight excluding hydrogens is 214 g/mol. The second kappa shape index (κ2) is 7.07. The Labute approximate surface area is 103 Å². The number of amides is 1. The molecule has 1 unspecified atom stereocenters. The Bertz CT molecular complexity index is 359. The number of nitrogens with one attached hydrogen (secondary N) is 1. The first-order valence-corrected chi connectivity index (χ1v) is 6.12. The van der Waals surface area contributed by atoms with Gasteiger partial charge in [0, 0.05) is 6.42 Å². The Balaban J connectivity index is 2.41. The Morgan fingerprint density at radius 2 is 2.12 bits per heavy atom. The molecule has 0 radical (unpaired) electrons. The first-order valence-electron chi connectivity index (χ1n) is 6.12. The van der Waals surface area contributed by atoms with Crippen LogP contribution in [0.4, 0.5) is 0 Å². The lowest BCUT2D eigenvalue weighted by atomic mass is 10.0. The number of carbonyl (C=O) groups excluding carboxylic acids is 1. The van der Waals surface area contributed by atoms with Crippen molar-refractivity contribution in [2.24, 2.45) is 0 Å². The Kier molecular flexibility index (Phi) is 5.70. The zero-order chi connectivity index (χ0) is 12.7. The lowest BCUT2D eigenvalue weighted by Crippen LogP contribution is -2.37. The summed E-state index contributed by atoms with van der Waals surface area (Å²) in [6.07, 6.45) is 1.98. The van der Waals surface area contributed by atoms with Crippen LogP contribution in [0.25, 0.3) is 0 Å². The summed E-state index contributed by atoms with van der Waals surface area (Å²) in [6, 6.07) is 7.97. The first-order chi connectivity index (χ1) is 8.17. The SMILES string of the molecule is CCC(CO)NC(=O)CCc1ccccc1C. The van der Waals surface area contributed by atoms with E-state index in [0.717, 1.165) is 12.8 Å². The van der Waals surface area contributed by atoms with Crippen molar-refractivity contribution in [1.29, 1.82) is 0 Å². The van der Waals surface area contributed by atoms with E-state index < -0.39 is 0 Å². The maximum atomic E-state index is 11.6. The molecule has 2 N–H and O–H groups in total. The fraction of sp³-hybridized carbons (Fsp3) is 0.500. The van der Waals surface area contributed by atoms with E-state index in [1.54, 1.807) is 0 Å². The second-order valence-electron chi connectivity index (χ2n) is 4.28. The highest BCUT2D eigenvalue weighted by Crippen LogP contribution is 2.09. The highest BCUT2D eigenvalue weighted by atomic mass is 16.3. The average molecular weight is 235 g/mol. The Morgan fingerprint density at radius 1 is 1.41 bits per heavy atom. The van der Waals surface area contributed by atoms with E-state index in [1.165, 1.54) is 11.1 Å². The van der Waals surface area contributed by atoms with Gasteiger partial charge < -0.3 is 10.4 Å². The third kappa shape index (κ3) is 4.57. The number of carbonyl (C=O) groups is 1. The Morgan fingerprint density at radius 3 is 2.71 bits per heavy atom. The van der Waals surface area contributed by atoms with Gasteiger partial charge in [0.15, 0.2) is 0 Å². The average Bonchev–Trinajstić information content (AvgIpc) is 2.35. The molecule has 0 spiro atoms. The van der Waals surface area contributed by atoms with Crippen molar-refractivity contribution in [2.75, 3.05) is 6.61 Å². The van der Waals surface area contributed by atoms with Crippen molar-refractivity contribution in [3.8, 4) is 0 Å². The number of benzene rings is 1. The smallest absolute Gasteiger partial charge is 0.220 e. The lowest BCUT2D eigenvalue weighted by Gasteiger charge is -2.14. The van der Waals surface area contributed by atoms with E-state index in [1.807, 2.05) is 25.1 Å². The molecule has 0 aliphatic heterocycles. The van der Waals surface area contributed by atoms with Gasteiger partial charge in [-0.1, -0.05) is 31.2 Å². The molecule has 1 aromatic carbocycles. The van der Waals surface area contributed by atoms with Gasteiger partial charge in [0.1, 0.15) is 0 Å². The first kappa shape index (κ1) is 13.7. The highest BCUT2D eigenvalue weighted by molar-refractivity contribution is 5.76. The minimum atomic E-state index is -0.112. The van der Waals surface area contributed by atoms with Gasteiger partial charge in [0.2, 0.25) is 5.91 Å². The number of aliphatic hydroxyl groups excluding tert-OH is 1. The molecule has 1 rings (SSSR count). The van der Waals surface area contributed by atoms with E-state index in [4.69, 9.17) is 5.11 Å². The summed E-state index contributed by atoms with van der Waals surface area (Å²) >= 11 is 0. The van der Waals surface area contributed by atoms with Crippen LogP contribution in [0.1, 0.15) is 30.9 Å². The summed E-state index contributed by atoms with van der Waals surface area (Å²) in [6.45, 7) is 4.00. The van der Waals surface area contributed by atoms with Crippen molar-refractivity contribution in [3.63, 3.8) is 0 Å². The van der Waals surface area contributed by atoms with Crippen molar-refractivity contribution >= 4 is 5.91 Å². The fourth-order valence-corrected chi connectivity index (χ4v) is 1.72.